The van der Waals surface area contributed by atoms with Crippen LogP contribution in [-0.4, -0.2) is 22.0 Å². The summed E-state index contributed by atoms with van der Waals surface area (Å²) in [4.78, 5) is 15.9. The Kier molecular flexibility index (Phi) is 3.12. The lowest BCUT2D eigenvalue weighted by atomic mass is 10.3. The van der Waals surface area contributed by atoms with Crippen LogP contribution in [0, 0.1) is 0 Å². The number of nitrogens with zero attached hydrogens (tertiary/aromatic N) is 1. The van der Waals surface area contributed by atoms with E-state index >= 15 is 0 Å². The van der Waals surface area contributed by atoms with Crippen LogP contribution in [0.4, 0.5) is 0 Å². The molecule has 2 aromatic rings. The van der Waals surface area contributed by atoms with Crippen molar-refractivity contribution in [1.82, 2.24) is 4.98 Å². The van der Waals surface area contributed by atoms with Crippen LogP contribution in [0.1, 0.15) is 16.7 Å². The first-order chi connectivity index (χ1) is 7.66. The van der Waals surface area contributed by atoms with Crippen molar-refractivity contribution in [3.05, 3.63) is 41.4 Å². The van der Waals surface area contributed by atoms with E-state index in [4.69, 9.17) is 5.11 Å². The fraction of sp³-hybridized carbons (Fsp3) is 0.167. The fourth-order valence-corrected chi connectivity index (χ4v) is 2.16. The molecule has 1 aromatic carbocycles. The largest absolute Gasteiger partial charge is 0.389 e. The average Bonchev–Trinajstić information content (AvgIpc) is 2.69. The number of rotatable bonds is 3. The summed E-state index contributed by atoms with van der Waals surface area (Å²) in [5, 5.41) is 9.49. The quantitative estimate of drug-likeness (QED) is 0.654. The Hall–Kier alpha value is -1.52. The minimum Gasteiger partial charge on any atom is -0.389 e. The molecule has 1 aromatic heterocycles. The van der Waals surface area contributed by atoms with Crippen molar-refractivity contribution in [2.75, 3.05) is 0 Å². The van der Waals surface area contributed by atoms with Gasteiger partial charge in [-0.1, -0.05) is 18.2 Å². The molecule has 1 heterocycles. The van der Waals surface area contributed by atoms with Crippen LogP contribution in [0.15, 0.2) is 36.4 Å². The molecule has 82 valence electrons. The van der Waals surface area contributed by atoms with Crippen LogP contribution in [0.2, 0.25) is 0 Å². The summed E-state index contributed by atoms with van der Waals surface area (Å²) in [6.07, 6.45) is 2.20. The number of carbonyl (C=O) groups excluding carboxylic acids is 1. The zero-order valence-electron chi connectivity index (χ0n) is 8.75. The molecule has 0 amide bonds. The first-order valence-electron chi connectivity index (χ1n) is 4.93. The molecule has 1 N–H and O–H groups in total. The lowest BCUT2D eigenvalue weighted by Gasteiger charge is -1.91. The predicted molar refractivity (Wildman–Crippen MR) is 64.8 cm³/mol. The van der Waals surface area contributed by atoms with Crippen LogP contribution in [-0.2, 0) is 0 Å². The summed E-state index contributed by atoms with van der Waals surface area (Å²) in [7, 11) is 0. The molecule has 0 aliphatic heterocycles. The first-order valence-corrected chi connectivity index (χ1v) is 5.74. The molecule has 0 unspecified atom stereocenters. The number of hydrogen-bond donors (Lipinski definition) is 1. The number of fused-ring (bicyclic) bond motifs is 1. The fourth-order valence-electron chi connectivity index (χ4n) is 1.28. The maximum atomic E-state index is 11.7. The maximum absolute atomic E-state index is 11.7. The van der Waals surface area contributed by atoms with Gasteiger partial charge in [-0.15, -0.1) is 11.3 Å². The van der Waals surface area contributed by atoms with Crippen LogP contribution in [0.3, 0.4) is 0 Å². The van der Waals surface area contributed by atoms with Gasteiger partial charge in [0.05, 0.1) is 16.3 Å². The predicted octanol–water partition coefficient (Wildman–Crippen LogP) is 2.42. The Labute approximate surface area is 97.1 Å². The number of ketones is 1. The van der Waals surface area contributed by atoms with E-state index in [0.29, 0.717) is 5.01 Å². The Bertz CT molecular complexity index is 510. The van der Waals surface area contributed by atoms with Gasteiger partial charge in [0, 0.05) is 0 Å². The summed E-state index contributed by atoms with van der Waals surface area (Å²) in [5.41, 5.74) is 0.835. The molecule has 0 aliphatic carbocycles. The number of aliphatic hydroxyl groups is 1. The van der Waals surface area contributed by atoms with Crippen molar-refractivity contribution in [2.45, 2.75) is 13.0 Å². The highest BCUT2D eigenvalue weighted by Gasteiger charge is 2.08. The van der Waals surface area contributed by atoms with Gasteiger partial charge < -0.3 is 5.11 Å². The van der Waals surface area contributed by atoms with Crippen LogP contribution < -0.4 is 0 Å². The third-order valence-corrected chi connectivity index (χ3v) is 3.08. The van der Waals surface area contributed by atoms with Crippen molar-refractivity contribution in [3.63, 3.8) is 0 Å². The van der Waals surface area contributed by atoms with Crippen LogP contribution in [0.25, 0.3) is 10.2 Å². The number of thiazole rings is 1. The SMILES string of the molecule is C[C@@H](O)/C=C\C(=O)c1nc2ccccc2s1. The minimum atomic E-state index is -0.613. The van der Waals surface area contributed by atoms with Gasteiger partial charge in [-0.25, -0.2) is 4.98 Å². The van der Waals surface area contributed by atoms with Crippen LogP contribution >= 0.6 is 11.3 Å². The number of hydrogen-bond acceptors (Lipinski definition) is 4. The number of benzene rings is 1. The second-order valence-electron chi connectivity index (χ2n) is 3.45. The van der Waals surface area contributed by atoms with Crippen LogP contribution in [0.5, 0.6) is 0 Å². The average molecular weight is 233 g/mol. The molecule has 0 spiro atoms. The lowest BCUT2D eigenvalue weighted by Crippen LogP contribution is -1.97. The molecule has 4 heteroatoms. The van der Waals surface area contributed by atoms with Crippen molar-refractivity contribution >= 4 is 27.3 Å². The van der Waals surface area contributed by atoms with E-state index in [2.05, 4.69) is 4.98 Å². The van der Waals surface area contributed by atoms with E-state index in [1.54, 1.807) is 6.92 Å². The molecule has 0 radical (unpaired) electrons. The number of aromatic nitrogens is 1. The normalized spacial score (nSPS) is 13.4. The highest BCUT2D eigenvalue weighted by atomic mass is 32.1. The second kappa shape index (κ2) is 4.55. The highest BCUT2D eigenvalue weighted by Crippen LogP contribution is 2.21. The topological polar surface area (TPSA) is 50.2 Å². The second-order valence-corrected chi connectivity index (χ2v) is 4.48. The highest BCUT2D eigenvalue weighted by molar-refractivity contribution is 7.20. The molecule has 3 nitrogen and oxygen atoms in total. The summed E-state index contributed by atoms with van der Waals surface area (Å²) >= 11 is 1.36. The third-order valence-electron chi connectivity index (χ3n) is 2.03. The van der Waals surface area contributed by atoms with Gasteiger partial charge in [-0.2, -0.15) is 0 Å². The summed E-state index contributed by atoms with van der Waals surface area (Å²) < 4.78 is 0.997. The van der Waals surface area contributed by atoms with Crippen molar-refractivity contribution < 1.29 is 9.90 Å². The van der Waals surface area contributed by atoms with Gasteiger partial charge in [-0.3, -0.25) is 4.79 Å². The third kappa shape index (κ3) is 2.35. The smallest absolute Gasteiger partial charge is 0.214 e. The van der Waals surface area contributed by atoms with Gasteiger partial charge in [0.25, 0.3) is 0 Å². The van der Waals surface area contributed by atoms with E-state index < -0.39 is 6.10 Å². The van der Waals surface area contributed by atoms with Gasteiger partial charge >= 0.3 is 0 Å². The molecule has 1 atom stereocenters. The Morgan fingerprint density at radius 3 is 2.94 bits per heavy atom. The van der Waals surface area contributed by atoms with E-state index in [9.17, 15) is 4.79 Å². The molecular formula is C12H11NO2S. The molecule has 0 saturated carbocycles. The number of aliphatic hydroxyl groups excluding tert-OH is 1. The number of carbonyl (C=O) groups is 1. The standard InChI is InChI=1S/C12H11NO2S/c1-8(14)6-7-10(15)12-13-9-4-2-3-5-11(9)16-12/h2-8,14H,1H3/b7-6-/t8-/m1/s1. The molecule has 16 heavy (non-hydrogen) atoms. The zero-order chi connectivity index (χ0) is 11.5. The van der Waals surface area contributed by atoms with Crippen molar-refractivity contribution in [2.24, 2.45) is 0 Å². The zero-order valence-corrected chi connectivity index (χ0v) is 9.57. The number of para-hydroxylation sites is 1. The lowest BCUT2D eigenvalue weighted by molar-refractivity contribution is 0.104. The molecule has 0 bridgehead atoms. The van der Waals surface area contributed by atoms with Gasteiger partial charge in [0.15, 0.2) is 5.01 Å². The monoisotopic (exact) mass is 233 g/mol. The molecule has 0 saturated heterocycles. The van der Waals surface area contributed by atoms with Gasteiger partial charge in [0.1, 0.15) is 0 Å². The maximum Gasteiger partial charge on any atom is 0.214 e. The Morgan fingerprint density at radius 2 is 2.25 bits per heavy atom. The van der Waals surface area contributed by atoms with E-state index in [-0.39, 0.29) is 5.78 Å². The van der Waals surface area contributed by atoms with E-state index in [1.165, 1.54) is 23.5 Å². The summed E-state index contributed by atoms with van der Waals surface area (Å²) in [5.74, 6) is -0.165. The van der Waals surface area contributed by atoms with Gasteiger partial charge in [0.2, 0.25) is 5.78 Å². The Morgan fingerprint density at radius 1 is 1.50 bits per heavy atom. The van der Waals surface area contributed by atoms with Gasteiger partial charge in [-0.05, 0) is 25.1 Å². The van der Waals surface area contributed by atoms with E-state index in [0.717, 1.165) is 10.2 Å². The molecule has 2 rings (SSSR count). The summed E-state index contributed by atoms with van der Waals surface area (Å²) in [6, 6.07) is 7.62. The molecule has 0 fully saturated rings. The molecule has 0 aliphatic rings. The summed E-state index contributed by atoms with van der Waals surface area (Å²) in [6.45, 7) is 1.60. The van der Waals surface area contributed by atoms with E-state index in [1.807, 2.05) is 24.3 Å². The molecular weight excluding hydrogens is 222 g/mol. The van der Waals surface area contributed by atoms with Crippen molar-refractivity contribution in [1.29, 1.82) is 0 Å². The Balaban J connectivity index is 2.30. The van der Waals surface area contributed by atoms with Crippen molar-refractivity contribution in [3.8, 4) is 0 Å². The first kappa shape index (κ1) is 11.0. The minimum absolute atomic E-state index is 0.165. The number of allylic oxidation sites excluding steroid dienone is 1.